The molecule has 1 aliphatic heterocycles. The van der Waals surface area contributed by atoms with Crippen LogP contribution in [0.25, 0.3) is 5.69 Å². The van der Waals surface area contributed by atoms with Crippen LogP contribution in [0, 0.1) is 0 Å². The van der Waals surface area contributed by atoms with Crippen LogP contribution < -0.4 is 5.32 Å². The Morgan fingerprint density at radius 2 is 1.72 bits per heavy atom. The molecular weight excluding hydrogens is 418 g/mol. The van der Waals surface area contributed by atoms with Crippen LogP contribution in [-0.2, 0) is 13.0 Å². The molecule has 4 aromatic rings. The van der Waals surface area contributed by atoms with Gasteiger partial charge in [0.1, 0.15) is 0 Å². The van der Waals surface area contributed by atoms with Gasteiger partial charge in [-0.15, -0.1) is 0 Å². The van der Waals surface area contributed by atoms with Crippen LogP contribution in [0.1, 0.15) is 35.3 Å². The van der Waals surface area contributed by atoms with Crippen LogP contribution >= 0.6 is 11.6 Å². The normalized spacial score (nSPS) is 14.9. The van der Waals surface area contributed by atoms with E-state index in [9.17, 15) is 4.79 Å². The van der Waals surface area contributed by atoms with Gasteiger partial charge in [0.15, 0.2) is 0 Å². The predicted octanol–water partition coefficient (Wildman–Crippen LogP) is 6.83. The first kappa shape index (κ1) is 20.4. The number of carbonyl (C=O) groups excluding carboxylic acids is 1. The molecule has 1 N–H and O–H groups in total. The summed E-state index contributed by atoms with van der Waals surface area (Å²) >= 11 is 6.33. The Morgan fingerprint density at radius 3 is 2.50 bits per heavy atom. The number of fused-ring (bicyclic) bond motifs is 3. The van der Waals surface area contributed by atoms with Crippen molar-refractivity contribution in [2.75, 3.05) is 5.32 Å². The number of nitrogens with zero attached hydrogens (tertiary/aromatic N) is 2. The van der Waals surface area contributed by atoms with Crippen molar-refractivity contribution < 1.29 is 4.79 Å². The van der Waals surface area contributed by atoms with Crippen molar-refractivity contribution in [2.45, 2.75) is 25.9 Å². The number of anilines is 1. The summed E-state index contributed by atoms with van der Waals surface area (Å²) in [4.78, 5) is 15.6. The topological polar surface area (TPSA) is 37.3 Å². The van der Waals surface area contributed by atoms with E-state index in [-0.39, 0.29) is 12.1 Å². The third-order valence-electron chi connectivity index (χ3n) is 6.04. The van der Waals surface area contributed by atoms with Crippen molar-refractivity contribution >= 4 is 23.3 Å². The molecule has 0 saturated heterocycles. The van der Waals surface area contributed by atoms with Crippen LogP contribution in [0.3, 0.4) is 0 Å². The van der Waals surface area contributed by atoms with E-state index >= 15 is 0 Å². The summed E-state index contributed by atoms with van der Waals surface area (Å²) in [5, 5.41) is 3.55. The average molecular weight is 442 g/mol. The zero-order valence-electron chi connectivity index (χ0n) is 17.8. The second-order valence-electron chi connectivity index (χ2n) is 7.97. The maximum atomic E-state index is 13.7. The number of aromatic nitrogens is 1. The van der Waals surface area contributed by atoms with E-state index in [0.717, 1.165) is 28.9 Å². The second-order valence-corrected chi connectivity index (χ2v) is 8.37. The Morgan fingerprint density at radius 1 is 0.969 bits per heavy atom. The summed E-state index contributed by atoms with van der Waals surface area (Å²) in [7, 11) is 0. The Labute approximate surface area is 193 Å². The van der Waals surface area contributed by atoms with Gasteiger partial charge in [0.2, 0.25) is 0 Å². The van der Waals surface area contributed by atoms with E-state index in [1.54, 1.807) is 6.07 Å². The first-order chi connectivity index (χ1) is 15.7. The summed E-state index contributed by atoms with van der Waals surface area (Å²) in [6, 6.07) is 27.8. The molecule has 3 aromatic carbocycles. The lowest BCUT2D eigenvalue weighted by Gasteiger charge is -2.31. The highest BCUT2D eigenvalue weighted by molar-refractivity contribution is 6.33. The van der Waals surface area contributed by atoms with Gasteiger partial charge in [-0.05, 0) is 53.4 Å². The van der Waals surface area contributed by atoms with E-state index in [1.165, 1.54) is 5.56 Å². The molecule has 160 valence electrons. The van der Waals surface area contributed by atoms with Crippen molar-refractivity contribution in [3.63, 3.8) is 0 Å². The van der Waals surface area contributed by atoms with Gasteiger partial charge in [-0.1, -0.05) is 73.1 Å². The first-order valence-electron chi connectivity index (χ1n) is 10.8. The predicted molar refractivity (Wildman–Crippen MR) is 129 cm³/mol. The average Bonchev–Trinajstić information content (AvgIpc) is 3.25. The lowest BCUT2D eigenvalue weighted by molar-refractivity contribution is 0.194. The maximum absolute atomic E-state index is 13.7. The number of amides is 2. The van der Waals surface area contributed by atoms with Crippen LogP contribution in [0.2, 0.25) is 5.02 Å². The molecule has 1 unspecified atom stereocenters. The highest BCUT2D eigenvalue weighted by Crippen LogP contribution is 2.37. The lowest BCUT2D eigenvalue weighted by Crippen LogP contribution is -2.38. The SMILES string of the molecule is CCc1ccc(C2c3cccn3-c3ccccc3CN2C(=O)Nc2ccccc2Cl)cc1. The lowest BCUT2D eigenvalue weighted by atomic mass is 10.00. The van der Waals surface area contributed by atoms with Gasteiger partial charge in [0.25, 0.3) is 0 Å². The molecule has 2 heterocycles. The summed E-state index contributed by atoms with van der Waals surface area (Å²) in [6.07, 6.45) is 3.04. The number of nitrogens with one attached hydrogen (secondary N) is 1. The van der Waals surface area contributed by atoms with Crippen molar-refractivity contribution in [1.29, 1.82) is 0 Å². The molecule has 5 rings (SSSR count). The Bertz CT molecular complexity index is 1260. The first-order valence-corrected chi connectivity index (χ1v) is 11.2. The van der Waals surface area contributed by atoms with E-state index < -0.39 is 0 Å². The molecular formula is C27H24ClN3O. The number of aryl methyl sites for hydroxylation is 1. The summed E-state index contributed by atoms with van der Waals surface area (Å²) in [5.74, 6) is 0. The fraction of sp³-hybridized carbons (Fsp3) is 0.148. The van der Waals surface area contributed by atoms with Gasteiger partial charge < -0.3 is 14.8 Å². The van der Waals surface area contributed by atoms with E-state index in [2.05, 4.69) is 65.5 Å². The van der Waals surface area contributed by atoms with Crippen LogP contribution in [0.5, 0.6) is 0 Å². The number of hydrogen-bond donors (Lipinski definition) is 1. The van der Waals surface area contributed by atoms with Crippen LogP contribution in [0.15, 0.2) is 91.1 Å². The second kappa shape index (κ2) is 8.56. The van der Waals surface area contributed by atoms with Gasteiger partial charge >= 0.3 is 6.03 Å². The van der Waals surface area contributed by atoms with Crippen LogP contribution in [-0.4, -0.2) is 15.5 Å². The molecule has 5 heteroatoms. The molecule has 2 amide bonds. The smallest absolute Gasteiger partial charge is 0.318 e. The summed E-state index contributed by atoms with van der Waals surface area (Å²) in [5.41, 5.74) is 6.18. The quantitative estimate of drug-likeness (QED) is 0.371. The summed E-state index contributed by atoms with van der Waals surface area (Å²) < 4.78 is 2.19. The fourth-order valence-corrected chi connectivity index (χ4v) is 4.56. The van der Waals surface area contributed by atoms with Gasteiger partial charge in [-0.25, -0.2) is 4.79 Å². The monoisotopic (exact) mass is 441 g/mol. The molecule has 0 fully saturated rings. The minimum absolute atomic E-state index is 0.188. The molecule has 1 atom stereocenters. The molecule has 0 bridgehead atoms. The maximum Gasteiger partial charge on any atom is 0.323 e. The number of carbonyl (C=O) groups is 1. The van der Waals surface area contributed by atoms with Crippen molar-refractivity contribution in [3.05, 3.63) is 119 Å². The molecule has 0 saturated carbocycles. The Hall–Kier alpha value is -3.50. The van der Waals surface area contributed by atoms with Gasteiger partial charge in [-0.2, -0.15) is 0 Å². The number of hydrogen-bond acceptors (Lipinski definition) is 1. The van der Waals surface area contributed by atoms with Gasteiger partial charge in [-0.3, -0.25) is 0 Å². The Kier molecular flexibility index (Phi) is 5.46. The molecule has 0 radical (unpaired) electrons. The van der Waals surface area contributed by atoms with Crippen LogP contribution in [0.4, 0.5) is 10.5 Å². The molecule has 0 aliphatic carbocycles. The molecule has 32 heavy (non-hydrogen) atoms. The standard InChI is InChI=1S/C27H24ClN3O/c1-2-19-13-15-20(16-14-19)26-25-12-7-17-30(25)24-11-6-3-8-21(24)18-31(26)27(32)29-23-10-5-4-9-22(23)28/h3-17,26H,2,18H2,1H3,(H,29,32). The minimum atomic E-state index is -0.245. The van der Waals surface area contributed by atoms with E-state index in [1.807, 2.05) is 41.3 Å². The highest BCUT2D eigenvalue weighted by atomic mass is 35.5. The largest absolute Gasteiger partial charge is 0.323 e. The molecule has 1 aliphatic rings. The third-order valence-corrected chi connectivity index (χ3v) is 6.37. The number of halogens is 1. The Balaban J connectivity index is 1.63. The molecule has 0 spiro atoms. The molecule has 4 nitrogen and oxygen atoms in total. The zero-order chi connectivity index (χ0) is 22.1. The van der Waals surface area contributed by atoms with Gasteiger partial charge in [0.05, 0.1) is 29.0 Å². The molecule has 1 aromatic heterocycles. The highest BCUT2D eigenvalue weighted by Gasteiger charge is 2.33. The number of para-hydroxylation sites is 2. The number of benzene rings is 3. The van der Waals surface area contributed by atoms with E-state index in [0.29, 0.717) is 17.3 Å². The summed E-state index contributed by atoms with van der Waals surface area (Å²) in [6.45, 7) is 2.63. The fourth-order valence-electron chi connectivity index (χ4n) is 4.38. The third kappa shape index (κ3) is 3.67. The van der Waals surface area contributed by atoms with Gasteiger partial charge in [0, 0.05) is 11.9 Å². The van der Waals surface area contributed by atoms with Crippen molar-refractivity contribution in [3.8, 4) is 5.69 Å². The van der Waals surface area contributed by atoms with E-state index in [4.69, 9.17) is 11.6 Å². The van der Waals surface area contributed by atoms with Crippen molar-refractivity contribution in [2.24, 2.45) is 0 Å². The van der Waals surface area contributed by atoms with Crippen molar-refractivity contribution in [1.82, 2.24) is 9.47 Å². The zero-order valence-corrected chi connectivity index (χ0v) is 18.6. The number of rotatable bonds is 3. The number of urea groups is 1. The minimum Gasteiger partial charge on any atom is -0.318 e.